The lowest BCUT2D eigenvalue weighted by molar-refractivity contribution is -0.117. The van der Waals surface area contributed by atoms with E-state index in [1.807, 2.05) is 25.1 Å². The quantitative estimate of drug-likeness (QED) is 0.684. The van der Waals surface area contributed by atoms with Gasteiger partial charge in [0.15, 0.2) is 0 Å². The van der Waals surface area contributed by atoms with E-state index in [2.05, 4.69) is 5.32 Å². The molecule has 1 aliphatic carbocycles. The molecule has 14 heavy (non-hydrogen) atoms. The Hall–Kier alpha value is -0.830. The zero-order valence-electron chi connectivity index (χ0n) is 9.12. The molecule has 0 bridgehead atoms. The molecule has 0 aliphatic heterocycles. The van der Waals surface area contributed by atoms with Crippen LogP contribution in [-0.4, -0.2) is 37.5 Å². The zero-order chi connectivity index (χ0) is 10.4. The van der Waals surface area contributed by atoms with Crippen molar-refractivity contribution in [3.8, 4) is 0 Å². The molecule has 0 heterocycles. The first-order chi connectivity index (χ1) is 6.68. The van der Waals surface area contributed by atoms with Crippen LogP contribution in [0.15, 0.2) is 12.2 Å². The molecule has 0 saturated heterocycles. The van der Waals surface area contributed by atoms with Gasteiger partial charge in [0.05, 0.1) is 0 Å². The summed E-state index contributed by atoms with van der Waals surface area (Å²) in [5.41, 5.74) is 0. The first kappa shape index (κ1) is 11.2. The average molecular weight is 196 g/mol. The van der Waals surface area contributed by atoms with Crippen LogP contribution in [0.5, 0.6) is 0 Å². The molecule has 0 aromatic heterocycles. The van der Waals surface area contributed by atoms with Crippen molar-refractivity contribution >= 4 is 5.91 Å². The van der Waals surface area contributed by atoms with Gasteiger partial charge in [-0.1, -0.05) is 18.9 Å². The normalized spacial score (nSPS) is 18.2. The van der Waals surface area contributed by atoms with Gasteiger partial charge in [-0.25, -0.2) is 0 Å². The predicted octanol–water partition coefficient (Wildman–Crippen LogP) is 1.16. The summed E-state index contributed by atoms with van der Waals surface area (Å²) in [6.45, 7) is 0.818. The van der Waals surface area contributed by atoms with E-state index >= 15 is 0 Å². The first-order valence-electron chi connectivity index (χ1n) is 5.30. The van der Waals surface area contributed by atoms with Crippen molar-refractivity contribution in [2.24, 2.45) is 0 Å². The fourth-order valence-electron chi connectivity index (χ4n) is 1.69. The van der Waals surface area contributed by atoms with Crippen LogP contribution in [0.25, 0.3) is 0 Å². The second-order valence-electron chi connectivity index (χ2n) is 4.15. The van der Waals surface area contributed by atoms with Crippen LogP contribution in [0.3, 0.4) is 0 Å². The molecule has 1 N–H and O–H groups in total. The van der Waals surface area contributed by atoms with Crippen LogP contribution in [-0.2, 0) is 4.79 Å². The number of hydrogen-bond donors (Lipinski definition) is 1. The lowest BCUT2D eigenvalue weighted by atomic mass is 10.2. The van der Waals surface area contributed by atoms with E-state index in [1.54, 1.807) is 6.08 Å². The number of carbonyl (C=O) groups excluding carboxylic acids is 1. The third kappa shape index (κ3) is 4.42. The second kappa shape index (κ2) is 5.81. The zero-order valence-corrected chi connectivity index (χ0v) is 9.12. The van der Waals surface area contributed by atoms with Crippen molar-refractivity contribution in [3.05, 3.63) is 12.2 Å². The lowest BCUT2D eigenvalue weighted by Crippen LogP contribution is -2.31. The van der Waals surface area contributed by atoms with Crippen LogP contribution in [0.1, 0.15) is 25.7 Å². The topological polar surface area (TPSA) is 32.3 Å². The average Bonchev–Trinajstić information content (AvgIpc) is 2.56. The van der Waals surface area contributed by atoms with Gasteiger partial charge in [0.1, 0.15) is 0 Å². The number of likely N-dealkylation sites (N-methyl/N-ethyl adjacent to an activating group) is 1. The number of amides is 1. The van der Waals surface area contributed by atoms with Gasteiger partial charge in [0.25, 0.3) is 0 Å². The van der Waals surface area contributed by atoms with Crippen molar-refractivity contribution in [1.82, 2.24) is 10.2 Å². The molecule has 1 rings (SSSR count). The minimum absolute atomic E-state index is 0.0544. The van der Waals surface area contributed by atoms with E-state index in [9.17, 15) is 4.79 Å². The maximum atomic E-state index is 11.4. The van der Waals surface area contributed by atoms with Crippen LogP contribution in [0.2, 0.25) is 0 Å². The molecule has 0 unspecified atom stereocenters. The Bertz CT molecular complexity index is 205. The minimum Gasteiger partial charge on any atom is -0.350 e. The molecular formula is C11H20N2O. The van der Waals surface area contributed by atoms with E-state index in [4.69, 9.17) is 0 Å². The van der Waals surface area contributed by atoms with Crippen LogP contribution >= 0.6 is 0 Å². The van der Waals surface area contributed by atoms with E-state index in [1.165, 1.54) is 12.8 Å². The summed E-state index contributed by atoms with van der Waals surface area (Å²) in [5, 5.41) is 3.01. The Kier molecular flexibility index (Phi) is 4.66. The molecular weight excluding hydrogens is 176 g/mol. The molecule has 0 aromatic carbocycles. The molecule has 80 valence electrons. The molecule has 0 atom stereocenters. The van der Waals surface area contributed by atoms with E-state index in [-0.39, 0.29) is 5.91 Å². The van der Waals surface area contributed by atoms with Crippen LogP contribution < -0.4 is 5.32 Å². The SMILES string of the molecule is CN(C)C/C=C/C(=O)NC1CCCC1. The Morgan fingerprint density at radius 1 is 1.43 bits per heavy atom. The summed E-state index contributed by atoms with van der Waals surface area (Å²) in [4.78, 5) is 13.4. The molecule has 1 amide bonds. The van der Waals surface area contributed by atoms with Gasteiger partial charge in [0.2, 0.25) is 5.91 Å². The number of carbonyl (C=O) groups is 1. The lowest BCUT2D eigenvalue weighted by Gasteiger charge is -2.09. The number of nitrogens with zero attached hydrogens (tertiary/aromatic N) is 1. The fourth-order valence-corrected chi connectivity index (χ4v) is 1.69. The molecule has 0 spiro atoms. The van der Waals surface area contributed by atoms with Gasteiger partial charge >= 0.3 is 0 Å². The largest absolute Gasteiger partial charge is 0.350 e. The summed E-state index contributed by atoms with van der Waals surface area (Å²) >= 11 is 0. The molecule has 0 radical (unpaired) electrons. The number of nitrogens with one attached hydrogen (secondary N) is 1. The predicted molar refractivity (Wildman–Crippen MR) is 58.1 cm³/mol. The van der Waals surface area contributed by atoms with Gasteiger partial charge in [-0.3, -0.25) is 4.79 Å². The Morgan fingerprint density at radius 3 is 2.64 bits per heavy atom. The van der Waals surface area contributed by atoms with Crippen molar-refractivity contribution in [2.75, 3.05) is 20.6 Å². The molecule has 3 nitrogen and oxygen atoms in total. The Labute approximate surface area is 86.2 Å². The van der Waals surface area contributed by atoms with E-state index in [0.717, 1.165) is 19.4 Å². The molecule has 3 heteroatoms. The van der Waals surface area contributed by atoms with Crippen LogP contribution in [0, 0.1) is 0 Å². The highest BCUT2D eigenvalue weighted by molar-refractivity contribution is 5.87. The minimum atomic E-state index is 0.0544. The van der Waals surface area contributed by atoms with Crippen molar-refractivity contribution in [1.29, 1.82) is 0 Å². The summed E-state index contributed by atoms with van der Waals surface area (Å²) in [6.07, 6.45) is 8.34. The highest BCUT2D eigenvalue weighted by Crippen LogP contribution is 2.17. The number of hydrogen-bond acceptors (Lipinski definition) is 2. The summed E-state index contributed by atoms with van der Waals surface area (Å²) in [7, 11) is 3.97. The molecule has 1 aliphatic rings. The molecule has 1 fully saturated rings. The highest BCUT2D eigenvalue weighted by atomic mass is 16.1. The van der Waals surface area contributed by atoms with Crippen molar-refractivity contribution in [3.63, 3.8) is 0 Å². The maximum Gasteiger partial charge on any atom is 0.243 e. The summed E-state index contributed by atoms with van der Waals surface area (Å²) < 4.78 is 0. The first-order valence-corrected chi connectivity index (χ1v) is 5.30. The Morgan fingerprint density at radius 2 is 2.07 bits per heavy atom. The van der Waals surface area contributed by atoms with Gasteiger partial charge in [-0.15, -0.1) is 0 Å². The van der Waals surface area contributed by atoms with Gasteiger partial charge < -0.3 is 10.2 Å². The summed E-state index contributed by atoms with van der Waals surface area (Å²) in [6, 6.07) is 0.423. The standard InChI is InChI=1S/C11H20N2O/c1-13(2)9-5-8-11(14)12-10-6-3-4-7-10/h5,8,10H,3-4,6-7,9H2,1-2H3,(H,12,14)/b8-5+. The maximum absolute atomic E-state index is 11.4. The Balaban J connectivity index is 2.17. The van der Waals surface area contributed by atoms with E-state index in [0.29, 0.717) is 6.04 Å². The smallest absolute Gasteiger partial charge is 0.243 e. The molecule has 0 aromatic rings. The fraction of sp³-hybridized carbons (Fsp3) is 0.727. The van der Waals surface area contributed by atoms with Gasteiger partial charge in [0, 0.05) is 18.7 Å². The van der Waals surface area contributed by atoms with Crippen molar-refractivity contribution < 1.29 is 4.79 Å². The highest BCUT2D eigenvalue weighted by Gasteiger charge is 2.15. The second-order valence-corrected chi connectivity index (χ2v) is 4.15. The van der Waals surface area contributed by atoms with Crippen molar-refractivity contribution in [2.45, 2.75) is 31.7 Å². The monoisotopic (exact) mass is 196 g/mol. The van der Waals surface area contributed by atoms with Crippen LogP contribution in [0.4, 0.5) is 0 Å². The van der Waals surface area contributed by atoms with Gasteiger partial charge in [-0.2, -0.15) is 0 Å². The molecule has 1 saturated carbocycles. The van der Waals surface area contributed by atoms with Gasteiger partial charge in [-0.05, 0) is 26.9 Å². The third-order valence-corrected chi connectivity index (χ3v) is 2.44. The van der Waals surface area contributed by atoms with E-state index < -0.39 is 0 Å². The number of rotatable bonds is 4. The summed E-state index contributed by atoms with van der Waals surface area (Å²) in [5.74, 6) is 0.0544. The third-order valence-electron chi connectivity index (χ3n) is 2.44.